The summed E-state index contributed by atoms with van der Waals surface area (Å²) in [7, 11) is 0. The first-order valence-electron chi connectivity index (χ1n) is 7.15. The molecule has 0 fully saturated rings. The number of benzene rings is 1. The number of nitrogens with one attached hydrogen (secondary N) is 1. The summed E-state index contributed by atoms with van der Waals surface area (Å²) in [6.07, 6.45) is -6.70. The predicted octanol–water partition coefficient (Wildman–Crippen LogP) is 3.23. The Morgan fingerprint density at radius 2 is 1.78 bits per heavy atom. The molecule has 1 aromatic rings. The number of para-hydroxylation sites is 1. The molecular formula is C16H20F3NO3. The Morgan fingerprint density at radius 1 is 1.22 bits per heavy atom. The second-order valence-electron chi connectivity index (χ2n) is 5.94. The van der Waals surface area contributed by atoms with E-state index in [-0.39, 0.29) is 18.0 Å². The molecule has 0 radical (unpaired) electrons. The Hall–Kier alpha value is -1.89. The van der Waals surface area contributed by atoms with Gasteiger partial charge in [0.05, 0.1) is 6.42 Å². The lowest BCUT2D eigenvalue weighted by Gasteiger charge is -2.29. The van der Waals surface area contributed by atoms with Crippen LogP contribution in [0.4, 0.5) is 18.9 Å². The van der Waals surface area contributed by atoms with Gasteiger partial charge in [0.25, 0.3) is 5.91 Å². The molecule has 0 spiro atoms. The van der Waals surface area contributed by atoms with E-state index in [2.05, 4.69) is 5.32 Å². The van der Waals surface area contributed by atoms with Gasteiger partial charge in [-0.05, 0) is 24.5 Å². The van der Waals surface area contributed by atoms with Gasteiger partial charge in [0.2, 0.25) is 5.60 Å². The van der Waals surface area contributed by atoms with Crippen LogP contribution in [-0.4, -0.2) is 28.6 Å². The minimum Gasteiger partial charge on any atom is -0.372 e. The first-order valence-corrected chi connectivity index (χ1v) is 7.15. The topological polar surface area (TPSA) is 66.4 Å². The van der Waals surface area contributed by atoms with Gasteiger partial charge in [-0.1, -0.05) is 32.0 Å². The third kappa shape index (κ3) is 4.79. The van der Waals surface area contributed by atoms with Gasteiger partial charge in [-0.25, -0.2) is 0 Å². The first kappa shape index (κ1) is 19.2. The highest BCUT2D eigenvalue weighted by molar-refractivity contribution is 6.01. The van der Waals surface area contributed by atoms with Crippen molar-refractivity contribution in [1.82, 2.24) is 0 Å². The van der Waals surface area contributed by atoms with Crippen LogP contribution in [0.2, 0.25) is 0 Å². The summed E-state index contributed by atoms with van der Waals surface area (Å²) >= 11 is 0. The van der Waals surface area contributed by atoms with Crippen LogP contribution in [0.3, 0.4) is 0 Å². The van der Waals surface area contributed by atoms with Crippen LogP contribution in [0.15, 0.2) is 24.3 Å². The summed E-state index contributed by atoms with van der Waals surface area (Å²) in [6.45, 7) is 4.93. The fraction of sp³-hybridized carbons (Fsp3) is 0.500. The van der Waals surface area contributed by atoms with Gasteiger partial charge in [0.15, 0.2) is 0 Å². The third-order valence-corrected chi connectivity index (χ3v) is 3.33. The second-order valence-corrected chi connectivity index (χ2v) is 5.94. The standard InChI is InChI=1S/C16H20F3NO3/c1-10(2)8-12(21)9-15(23,16(17,18)19)14(22)20-13-7-5-4-6-11(13)3/h4-7,10,23H,8-9H2,1-3H3,(H,20,22). The summed E-state index contributed by atoms with van der Waals surface area (Å²) in [5, 5.41) is 11.9. The van der Waals surface area contributed by atoms with Crippen LogP contribution in [0.25, 0.3) is 0 Å². The summed E-state index contributed by atoms with van der Waals surface area (Å²) in [6, 6.07) is 6.22. The molecule has 0 heterocycles. The van der Waals surface area contributed by atoms with E-state index in [1.807, 2.05) is 0 Å². The van der Waals surface area contributed by atoms with Crippen LogP contribution in [0.1, 0.15) is 32.3 Å². The number of halogens is 3. The Bertz CT molecular complexity index is 584. The maximum absolute atomic E-state index is 13.2. The molecule has 0 aromatic heterocycles. The number of carbonyl (C=O) groups is 2. The smallest absolute Gasteiger partial charge is 0.372 e. The lowest BCUT2D eigenvalue weighted by Crippen LogP contribution is -2.56. The number of ketones is 1. The van der Waals surface area contributed by atoms with E-state index in [1.54, 1.807) is 39.0 Å². The number of hydrogen-bond donors (Lipinski definition) is 2. The average molecular weight is 331 g/mol. The third-order valence-electron chi connectivity index (χ3n) is 3.33. The lowest BCUT2D eigenvalue weighted by atomic mass is 9.91. The van der Waals surface area contributed by atoms with Crippen molar-refractivity contribution in [3.8, 4) is 0 Å². The van der Waals surface area contributed by atoms with Crippen molar-refractivity contribution in [3.63, 3.8) is 0 Å². The molecule has 1 atom stereocenters. The summed E-state index contributed by atoms with van der Waals surface area (Å²) in [5.74, 6) is -2.64. The van der Waals surface area contributed by atoms with Crippen LogP contribution >= 0.6 is 0 Å². The molecule has 1 amide bonds. The Kier molecular flexibility index (Phi) is 5.93. The SMILES string of the molecule is Cc1ccccc1NC(=O)C(O)(CC(=O)CC(C)C)C(F)(F)F. The molecule has 0 saturated heterocycles. The highest BCUT2D eigenvalue weighted by Crippen LogP contribution is 2.35. The number of rotatable bonds is 6. The zero-order valence-corrected chi connectivity index (χ0v) is 13.2. The normalized spacial score (nSPS) is 14.4. The van der Waals surface area contributed by atoms with Gasteiger partial charge >= 0.3 is 6.18 Å². The van der Waals surface area contributed by atoms with E-state index >= 15 is 0 Å². The van der Waals surface area contributed by atoms with Crippen molar-refractivity contribution in [1.29, 1.82) is 0 Å². The summed E-state index contributed by atoms with van der Waals surface area (Å²) in [4.78, 5) is 23.7. The number of aryl methyl sites for hydroxylation is 1. The van der Waals surface area contributed by atoms with E-state index < -0.39 is 29.9 Å². The van der Waals surface area contributed by atoms with Crippen LogP contribution in [0.5, 0.6) is 0 Å². The molecule has 0 aliphatic heterocycles. The van der Waals surface area contributed by atoms with Gasteiger partial charge in [-0.2, -0.15) is 13.2 Å². The van der Waals surface area contributed by atoms with Gasteiger partial charge in [-0.3, -0.25) is 9.59 Å². The van der Waals surface area contributed by atoms with Gasteiger partial charge in [0, 0.05) is 12.1 Å². The Balaban J connectivity index is 3.04. The summed E-state index contributed by atoms with van der Waals surface area (Å²) < 4.78 is 39.6. The van der Waals surface area contributed by atoms with E-state index in [9.17, 15) is 27.9 Å². The highest BCUT2D eigenvalue weighted by Gasteiger charge is 2.60. The molecule has 128 valence electrons. The molecular weight excluding hydrogens is 311 g/mol. The van der Waals surface area contributed by atoms with Gasteiger partial charge < -0.3 is 10.4 Å². The maximum Gasteiger partial charge on any atom is 0.426 e. The Morgan fingerprint density at radius 3 is 2.26 bits per heavy atom. The van der Waals surface area contributed by atoms with Crippen molar-refractivity contribution in [3.05, 3.63) is 29.8 Å². The van der Waals surface area contributed by atoms with Gasteiger partial charge in [-0.15, -0.1) is 0 Å². The number of Topliss-reactive ketones (excluding diaryl/α,β-unsaturated/α-hetero) is 1. The minimum absolute atomic E-state index is 0.143. The first-order chi connectivity index (χ1) is 10.5. The van der Waals surface area contributed by atoms with Crippen LogP contribution in [-0.2, 0) is 9.59 Å². The largest absolute Gasteiger partial charge is 0.426 e. The second kappa shape index (κ2) is 7.12. The van der Waals surface area contributed by atoms with Crippen molar-refractivity contribution < 1.29 is 27.9 Å². The molecule has 1 rings (SSSR count). The average Bonchev–Trinajstić information content (AvgIpc) is 2.38. The van der Waals surface area contributed by atoms with Crippen molar-refractivity contribution in [2.24, 2.45) is 5.92 Å². The summed E-state index contributed by atoms with van der Waals surface area (Å²) in [5.41, 5.74) is -3.06. The number of anilines is 1. The van der Waals surface area contributed by atoms with Gasteiger partial charge in [0.1, 0.15) is 5.78 Å². The molecule has 0 bridgehead atoms. The van der Waals surface area contributed by atoms with E-state index in [0.29, 0.717) is 5.56 Å². The van der Waals surface area contributed by atoms with Crippen molar-refractivity contribution in [2.45, 2.75) is 45.4 Å². The van der Waals surface area contributed by atoms with Crippen molar-refractivity contribution >= 4 is 17.4 Å². The fourth-order valence-corrected chi connectivity index (χ4v) is 2.06. The number of carbonyl (C=O) groups excluding carboxylic acids is 2. The number of amides is 1. The molecule has 2 N–H and O–H groups in total. The van der Waals surface area contributed by atoms with Crippen LogP contribution < -0.4 is 5.32 Å². The number of hydrogen-bond acceptors (Lipinski definition) is 3. The Labute approximate surface area is 132 Å². The molecule has 1 aromatic carbocycles. The molecule has 1 unspecified atom stereocenters. The monoisotopic (exact) mass is 331 g/mol. The number of alkyl halides is 3. The molecule has 0 saturated carbocycles. The quantitative estimate of drug-likeness (QED) is 0.841. The molecule has 4 nitrogen and oxygen atoms in total. The molecule has 7 heteroatoms. The molecule has 23 heavy (non-hydrogen) atoms. The predicted molar refractivity (Wildman–Crippen MR) is 79.9 cm³/mol. The minimum atomic E-state index is -5.26. The van der Waals surface area contributed by atoms with E-state index in [4.69, 9.17) is 0 Å². The highest BCUT2D eigenvalue weighted by atomic mass is 19.4. The van der Waals surface area contributed by atoms with Crippen molar-refractivity contribution in [2.75, 3.05) is 5.32 Å². The van der Waals surface area contributed by atoms with E-state index in [1.165, 1.54) is 6.07 Å². The fourth-order valence-electron chi connectivity index (χ4n) is 2.06. The zero-order valence-electron chi connectivity index (χ0n) is 13.2. The van der Waals surface area contributed by atoms with E-state index in [0.717, 1.165) is 0 Å². The molecule has 0 aliphatic carbocycles. The maximum atomic E-state index is 13.2. The lowest BCUT2D eigenvalue weighted by molar-refractivity contribution is -0.249. The molecule has 0 aliphatic rings. The number of aliphatic hydroxyl groups is 1. The zero-order chi connectivity index (χ0) is 17.8. The van der Waals surface area contributed by atoms with Crippen LogP contribution in [0, 0.1) is 12.8 Å².